The summed E-state index contributed by atoms with van der Waals surface area (Å²) in [6, 6.07) is 11.1. The maximum atomic E-state index is 14.8. The van der Waals surface area contributed by atoms with E-state index in [2.05, 4.69) is 30.7 Å². The maximum Gasteiger partial charge on any atom is 0.222 e. The third kappa shape index (κ3) is 5.23. The van der Waals surface area contributed by atoms with Crippen LogP contribution in [0.2, 0.25) is 0 Å². The first kappa shape index (κ1) is 26.5. The molecule has 0 bridgehead atoms. The largest absolute Gasteiger partial charge is 0.503 e. The van der Waals surface area contributed by atoms with Gasteiger partial charge < -0.3 is 20.5 Å². The van der Waals surface area contributed by atoms with E-state index in [4.69, 9.17) is 4.74 Å². The van der Waals surface area contributed by atoms with Gasteiger partial charge in [0.1, 0.15) is 28.9 Å². The molecule has 5 aromatic rings. The maximum absolute atomic E-state index is 14.8. The van der Waals surface area contributed by atoms with Crippen molar-refractivity contribution in [3.63, 3.8) is 0 Å². The Balaban J connectivity index is 1.53. The Bertz CT molecular complexity index is 1720. The Kier molecular flexibility index (Phi) is 7.23. The highest BCUT2D eigenvalue weighted by Crippen LogP contribution is 2.32. The zero-order chi connectivity index (χ0) is 28.4. The van der Waals surface area contributed by atoms with Crippen LogP contribution in [0.3, 0.4) is 0 Å². The predicted octanol–water partition coefficient (Wildman–Crippen LogP) is 5.33. The molecular weight excluding hydrogens is 520 g/mol. The quantitative estimate of drug-likeness (QED) is 0.239. The second-order valence-electron chi connectivity index (χ2n) is 8.89. The van der Waals surface area contributed by atoms with Crippen molar-refractivity contribution in [3.8, 4) is 23.0 Å². The van der Waals surface area contributed by atoms with Gasteiger partial charge in [-0.05, 0) is 26.0 Å². The van der Waals surface area contributed by atoms with Crippen LogP contribution in [0.15, 0.2) is 54.9 Å². The Hall–Kier alpha value is -5.13. The number of pyridine rings is 1. The van der Waals surface area contributed by atoms with Crippen LogP contribution < -0.4 is 15.4 Å². The normalized spacial score (nSPS) is 11.0. The first-order chi connectivity index (χ1) is 19.2. The van der Waals surface area contributed by atoms with Gasteiger partial charge in [-0.15, -0.1) is 0 Å². The van der Waals surface area contributed by atoms with Crippen molar-refractivity contribution in [2.45, 2.75) is 27.3 Å². The first-order valence-corrected chi connectivity index (χ1v) is 12.4. The van der Waals surface area contributed by atoms with Gasteiger partial charge in [0, 0.05) is 47.5 Å². The number of nitrogens with zero attached hydrogens (tertiary/aromatic N) is 5. The lowest BCUT2D eigenvalue weighted by Gasteiger charge is -2.13. The summed E-state index contributed by atoms with van der Waals surface area (Å²) < 4.78 is 36.4. The molecule has 3 heterocycles. The predicted molar refractivity (Wildman–Crippen MR) is 146 cm³/mol. The minimum Gasteiger partial charge on any atom is -0.503 e. The Morgan fingerprint density at radius 3 is 2.58 bits per heavy atom. The van der Waals surface area contributed by atoms with Gasteiger partial charge in [-0.25, -0.2) is 23.7 Å². The van der Waals surface area contributed by atoms with E-state index in [0.717, 1.165) is 12.1 Å². The molecule has 0 saturated carbocycles. The van der Waals surface area contributed by atoms with Crippen molar-refractivity contribution >= 4 is 34.1 Å². The Morgan fingerprint density at radius 2 is 1.85 bits per heavy atom. The third-order valence-electron chi connectivity index (χ3n) is 6.12. The number of aromatic hydroxyl groups is 1. The molecule has 204 valence electrons. The van der Waals surface area contributed by atoms with Crippen molar-refractivity contribution in [2.75, 3.05) is 17.2 Å². The SMILES string of the molecule is CCOc1cc(F)c(Cn2nc(-c3ncc(O)c(Nc4ccnc(NC(C)=O)c4C)n3)c3ccccc32)c(F)c1. The van der Waals surface area contributed by atoms with E-state index in [9.17, 15) is 18.7 Å². The topological polar surface area (TPSA) is 127 Å². The molecular formula is C28H25F2N7O3. The number of ether oxygens (including phenoxy) is 1. The molecule has 0 radical (unpaired) electrons. The molecule has 0 spiro atoms. The molecule has 0 aliphatic rings. The summed E-state index contributed by atoms with van der Waals surface area (Å²) in [5.74, 6) is -1.24. The summed E-state index contributed by atoms with van der Waals surface area (Å²) >= 11 is 0. The van der Waals surface area contributed by atoms with E-state index in [1.54, 1.807) is 44.2 Å². The first-order valence-electron chi connectivity index (χ1n) is 12.4. The van der Waals surface area contributed by atoms with Crippen molar-refractivity contribution in [3.05, 3.63) is 77.6 Å². The average Bonchev–Trinajstić information content (AvgIpc) is 3.28. The fraction of sp³-hybridized carbons (Fsp3) is 0.179. The van der Waals surface area contributed by atoms with Gasteiger partial charge in [0.05, 0.1) is 24.9 Å². The second-order valence-corrected chi connectivity index (χ2v) is 8.89. The van der Waals surface area contributed by atoms with Crippen LogP contribution in [0.5, 0.6) is 11.5 Å². The molecule has 5 rings (SSSR count). The summed E-state index contributed by atoms with van der Waals surface area (Å²) in [4.78, 5) is 24.4. The minimum absolute atomic E-state index is 0.0929. The summed E-state index contributed by atoms with van der Waals surface area (Å²) in [5, 5.41) is 21.4. The molecule has 0 unspecified atom stereocenters. The fourth-order valence-corrected chi connectivity index (χ4v) is 4.22. The number of anilines is 3. The number of para-hydroxylation sites is 1. The van der Waals surface area contributed by atoms with Crippen LogP contribution in [0, 0.1) is 18.6 Å². The lowest BCUT2D eigenvalue weighted by molar-refractivity contribution is -0.114. The van der Waals surface area contributed by atoms with Crippen LogP contribution in [0.4, 0.5) is 26.1 Å². The molecule has 12 heteroatoms. The van der Waals surface area contributed by atoms with Crippen LogP contribution in [-0.4, -0.2) is 42.4 Å². The Morgan fingerprint density at radius 1 is 1.10 bits per heavy atom. The molecule has 3 aromatic heterocycles. The number of aromatic nitrogens is 5. The molecule has 10 nitrogen and oxygen atoms in total. The van der Waals surface area contributed by atoms with Crippen LogP contribution in [-0.2, 0) is 11.3 Å². The molecule has 1 amide bonds. The zero-order valence-corrected chi connectivity index (χ0v) is 21.9. The molecule has 0 aliphatic carbocycles. The molecule has 0 saturated heterocycles. The molecule has 3 N–H and O–H groups in total. The standard InChI is InChI=1S/C28H25F2N7O3/c1-4-40-17-11-20(29)19(21(30)12-17)14-37-23-8-6-5-7-18(23)25(36-37)28-32-13-24(39)27(35-28)34-22-9-10-31-26(15(22)2)33-16(3)38/h5-13,39H,4,14H2,1-3H3,(H2,31,32,33,34,35,38). The highest BCUT2D eigenvalue weighted by Gasteiger charge is 2.20. The number of nitrogens with one attached hydrogen (secondary N) is 2. The van der Waals surface area contributed by atoms with Gasteiger partial charge in [-0.2, -0.15) is 5.10 Å². The molecule has 2 aromatic carbocycles. The van der Waals surface area contributed by atoms with Gasteiger partial charge in [-0.3, -0.25) is 9.48 Å². The fourth-order valence-electron chi connectivity index (χ4n) is 4.22. The van der Waals surface area contributed by atoms with Crippen molar-refractivity contribution in [1.82, 2.24) is 24.7 Å². The molecule has 0 atom stereocenters. The summed E-state index contributed by atoms with van der Waals surface area (Å²) in [6.07, 6.45) is 2.74. The number of fused-ring (bicyclic) bond motifs is 1. The van der Waals surface area contributed by atoms with Crippen LogP contribution >= 0.6 is 0 Å². The lowest BCUT2D eigenvalue weighted by atomic mass is 10.1. The number of rotatable bonds is 8. The summed E-state index contributed by atoms with van der Waals surface area (Å²) in [7, 11) is 0. The number of carbonyl (C=O) groups excluding carboxylic acids is 1. The third-order valence-corrected chi connectivity index (χ3v) is 6.12. The van der Waals surface area contributed by atoms with Gasteiger partial charge in [-0.1, -0.05) is 18.2 Å². The smallest absolute Gasteiger partial charge is 0.222 e. The summed E-state index contributed by atoms with van der Waals surface area (Å²) in [5.41, 5.74) is 1.99. The summed E-state index contributed by atoms with van der Waals surface area (Å²) in [6.45, 7) is 4.97. The van der Waals surface area contributed by atoms with E-state index >= 15 is 0 Å². The molecule has 40 heavy (non-hydrogen) atoms. The van der Waals surface area contributed by atoms with Crippen molar-refractivity contribution < 1.29 is 23.4 Å². The average molecular weight is 546 g/mol. The number of hydrogen-bond donors (Lipinski definition) is 3. The van der Waals surface area contributed by atoms with Crippen LogP contribution in [0.1, 0.15) is 25.0 Å². The van der Waals surface area contributed by atoms with Gasteiger partial charge >= 0.3 is 0 Å². The van der Waals surface area contributed by atoms with E-state index in [1.807, 2.05) is 0 Å². The monoisotopic (exact) mass is 545 g/mol. The van der Waals surface area contributed by atoms with Crippen molar-refractivity contribution in [1.29, 1.82) is 0 Å². The lowest BCUT2D eigenvalue weighted by Crippen LogP contribution is -2.10. The number of hydrogen-bond acceptors (Lipinski definition) is 8. The van der Waals surface area contributed by atoms with E-state index in [1.165, 1.54) is 24.0 Å². The number of benzene rings is 2. The highest BCUT2D eigenvalue weighted by atomic mass is 19.1. The second kappa shape index (κ2) is 10.9. The number of amides is 1. The van der Waals surface area contributed by atoms with Crippen LogP contribution in [0.25, 0.3) is 22.4 Å². The van der Waals surface area contributed by atoms with Gasteiger partial charge in [0.25, 0.3) is 0 Å². The number of carbonyl (C=O) groups is 1. The van der Waals surface area contributed by atoms with E-state index < -0.39 is 11.6 Å². The van der Waals surface area contributed by atoms with Crippen molar-refractivity contribution in [2.24, 2.45) is 0 Å². The number of halogens is 2. The Labute approximate surface area is 227 Å². The molecule has 0 aliphatic heterocycles. The van der Waals surface area contributed by atoms with E-state index in [-0.39, 0.29) is 47.8 Å². The molecule has 0 fully saturated rings. The van der Waals surface area contributed by atoms with Gasteiger partial charge in [0.2, 0.25) is 5.91 Å². The minimum atomic E-state index is -0.747. The van der Waals surface area contributed by atoms with E-state index in [0.29, 0.717) is 33.7 Å². The van der Waals surface area contributed by atoms with Gasteiger partial charge in [0.15, 0.2) is 17.4 Å². The highest BCUT2D eigenvalue weighted by molar-refractivity contribution is 5.92. The zero-order valence-electron chi connectivity index (χ0n) is 21.9.